The monoisotopic (exact) mass is 344 g/mol. The maximum atomic E-state index is 6.15. The molecule has 0 aliphatic rings. The molecule has 0 bridgehead atoms. The third-order valence-electron chi connectivity index (χ3n) is 3.88. The number of aromatic amines is 1. The fourth-order valence-electron chi connectivity index (χ4n) is 2.89. The number of aromatic nitrogens is 2. The van der Waals surface area contributed by atoms with E-state index in [0.29, 0.717) is 22.2 Å². The van der Waals surface area contributed by atoms with Crippen molar-refractivity contribution in [2.45, 2.75) is 13.8 Å². The van der Waals surface area contributed by atoms with Crippen LogP contribution in [0.25, 0.3) is 27.1 Å². The zero-order chi connectivity index (χ0) is 17.4. The van der Waals surface area contributed by atoms with Gasteiger partial charge in [-0.3, -0.25) is 0 Å². The van der Waals surface area contributed by atoms with Crippen LogP contribution in [0.3, 0.4) is 0 Å². The number of benzene rings is 1. The Morgan fingerprint density at radius 3 is 2.75 bits per heavy atom. The number of fused-ring (bicyclic) bond motifs is 1. The first-order valence-corrected chi connectivity index (χ1v) is 7.61. The average Bonchev–Trinajstić information content (AvgIpc) is 3.05. The number of H-pyrrole nitrogens is 1. The number of aryl methyl sites for hydroxylation is 2. The highest BCUT2D eigenvalue weighted by molar-refractivity contribution is 6.50. The Labute approximate surface area is 143 Å². The second kappa shape index (κ2) is 6.05. The Bertz CT molecular complexity index is 949. The summed E-state index contributed by atoms with van der Waals surface area (Å²) in [5, 5.41) is 5.23. The standard InChI is InChI=1S/C17H17ClN4O2/c1-8(18)15-11-6-14(23-4)12(16-9(2)22-24-10(16)3)5-13(11)21-17(15)20-7-19/h5-7,21H,1H2,2-4H3,(H2,19,20). The van der Waals surface area contributed by atoms with E-state index in [1.165, 1.54) is 6.34 Å². The number of rotatable bonds is 4. The summed E-state index contributed by atoms with van der Waals surface area (Å²) in [6.07, 6.45) is 1.21. The molecule has 0 fully saturated rings. The normalized spacial score (nSPS) is 11.5. The molecule has 7 heteroatoms. The number of aliphatic imine (C=N–C) groups is 1. The van der Waals surface area contributed by atoms with Gasteiger partial charge in [0.25, 0.3) is 0 Å². The Balaban J connectivity index is 2.36. The molecule has 24 heavy (non-hydrogen) atoms. The van der Waals surface area contributed by atoms with Gasteiger partial charge in [0.1, 0.15) is 17.3 Å². The third kappa shape index (κ3) is 2.45. The van der Waals surface area contributed by atoms with Gasteiger partial charge in [0.2, 0.25) is 0 Å². The van der Waals surface area contributed by atoms with Crippen LogP contribution in [0.4, 0.5) is 5.82 Å². The van der Waals surface area contributed by atoms with Gasteiger partial charge in [-0.05, 0) is 26.0 Å². The number of methoxy groups -OCH3 is 1. The van der Waals surface area contributed by atoms with Crippen LogP contribution in [0.2, 0.25) is 0 Å². The van der Waals surface area contributed by atoms with Gasteiger partial charge in [0.15, 0.2) is 0 Å². The average molecular weight is 345 g/mol. The van der Waals surface area contributed by atoms with Gasteiger partial charge in [0.05, 0.1) is 24.7 Å². The summed E-state index contributed by atoms with van der Waals surface area (Å²) in [7, 11) is 1.61. The summed E-state index contributed by atoms with van der Waals surface area (Å²) in [6.45, 7) is 7.57. The number of halogens is 1. The molecule has 0 saturated carbocycles. The number of nitrogens with zero attached hydrogens (tertiary/aromatic N) is 2. The van der Waals surface area contributed by atoms with Crippen LogP contribution >= 0.6 is 11.6 Å². The van der Waals surface area contributed by atoms with Crippen molar-refractivity contribution in [1.82, 2.24) is 10.1 Å². The molecule has 2 aromatic heterocycles. The first-order chi connectivity index (χ1) is 11.5. The van der Waals surface area contributed by atoms with Gasteiger partial charge in [0, 0.05) is 27.1 Å². The fraction of sp³-hybridized carbons (Fsp3) is 0.176. The van der Waals surface area contributed by atoms with Crippen LogP contribution in [0, 0.1) is 13.8 Å². The fourth-order valence-corrected chi connectivity index (χ4v) is 3.08. The molecule has 0 atom stereocenters. The van der Waals surface area contributed by atoms with Crippen molar-refractivity contribution in [1.29, 1.82) is 0 Å². The van der Waals surface area contributed by atoms with Gasteiger partial charge in [-0.2, -0.15) is 0 Å². The molecule has 0 spiro atoms. The Morgan fingerprint density at radius 1 is 1.46 bits per heavy atom. The number of hydrogen-bond acceptors (Lipinski definition) is 4. The van der Waals surface area contributed by atoms with E-state index in [1.54, 1.807) is 7.11 Å². The van der Waals surface area contributed by atoms with Crippen molar-refractivity contribution >= 4 is 39.7 Å². The molecule has 0 aliphatic carbocycles. The van der Waals surface area contributed by atoms with E-state index in [4.69, 9.17) is 26.6 Å². The van der Waals surface area contributed by atoms with Gasteiger partial charge in [-0.1, -0.05) is 23.3 Å². The van der Waals surface area contributed by atoms with E-state index < -0.39 is 0 Å². The van der Waals surface area contributed by atoms with Crippen LogP contribution in [0.5, 0.6) is 5.75 Å². The molecular weight excluding hydrogens is 328 g/mol. The van der Waals surface area contributed by atoms with Crippen LogP contribution < -0.4 is 10.5 Å². The molecule has 3 rings (SSSR count). The second-order valence-electron chi connectivity index (χ2n) is 5.33. The van der Waals surface area contributed by atoms with Gasteiger partial charge in [-0.15, -0.1) is 0 Å². The van der Waals surface area contributed by atoms with Gasteiger partial charge < -0.3 is 20.0 Å². The molecule has 124 valence electrons. The van der Waals surface area contributed by atoms with Crippen LogP contribution in [-0.4, -0.2) is 23.6 Å². The van der Waals surface area contributed by atoms with E-state index in [2.05, 4.69) is 21.7 Å². The van der Waals surface area contributed by atoms with Crippen molar-refractivity contribution in [3.8, 4) is 16.9 Å². The summed E-state index contributed by atoms with van der Waals surface area (Å²) >= 11 is 6.15. The van der Waals surface area contributed by atoms with Crippen molar-refractivity contribution in [3.05, 3.63) is 35.7 Å². The Hall–Kier alpha value is -2.73. The molecule has 0 unspecified atom stereocenters. The van der Waals surface area contributed by atoms with Crippen LogP contribution in [-0.2, 0) is 0 Å². The van der Waals surface area contributed by atoms with E-state index >= 15 is 0 Å². The largest absolute Gasteiger partial charge is 0.496 e. The molecule has 0 saturated heterocycles. The summed E-state index contributed by atoms with van der Waals surface area (Å²) in [4.78, 5) is 7.34. The lowest BCUT2D eigenvalue weighted by Gasteiger charge is -2.09. The highest BCUT2D eigenvalue weighted by Gasteiger charge is 2.20. The number of ether oxygens (including phenoxy) is 1. The minimum Gasteiger partial charge on any atom is -0.496 e. The van der Waals surface area contributed by atoms with Crippen molar-refractivity contribution in [3.63, 3.8) is 0 Å². The smallest absolute Gasteiger partial charge is 0.141 e. The quantitative estimate of drug-likeness (QED) is 0.546. The lowest BCUT2D eigenvalue weighted by Crippen LogP contribution is -1.90. The zero-order valence-electron chi connectivity index (χ0n) is 13.6. The third-order valence-corrected chi connectivity index (χ3v) is 4.07. The Morgan fingerprint density at radius 2 is 2.21 bits per heavy atom. The summed E-state index contributed by atoms with van der Waals surface area (Å²) in [5.41, 5.74) is 9.52. The number of hydrogen-bond donors (Lipinski definition) is 2. The van der Waals surface area contributed by atoms with E-state index in [0.717, 1.165) is 33.5 Å². The molecule has 0 amide bonds. The van der Waals surface area contributed by atoms with Crippen molar-refractivity contribution < 1.29 is 9.26 Å². The molecule has 3 N–H and O–H groups in total. The maximum absolute atomic E-state index is 6.15. The highest BCUT2D eigenvalue weighted by atomic mass is 35.5. The first kappa shape index (κ1) is 16.1. The molecule has 3 aromatic rings. The van der Waals surface area contributed by atoms with Crippen molar-refractivity contribution in [2.24, 2.45) is 10.7 Å². The second-order valence-corrected chi connectivity index (χ2v) is 5.79. The summed E-state index contributed by atoms with van der Waals surface area (Å²) in [5.74, 6) is 1.95. The Kier molecular flexibility index (Phi) is 4.07. The minimum absolute atomic E-state index is 0.369. The molecule has 6 nitrogen and oxygen atoms in total. The first-order valence-electron chi connectivity index (χ1n) is 7.24. The van der Waals surface area contributed by atoms with E-state index in [1.807, 2.05) is 26.0 Å². The lowest BCUT2D eigenvalue weighted by atomic mass is 10.0. The predicted molar refractivity (Wildman–Crippen MR) is 97.0 cm³/mol. The molecular formula is C17H17ClN4O2. The SMILES string of the molecule is C=C(Cl)c1c(N=CN)[nH]c2cc(-c3c(C)noc3C)c(OC)cc12. The highest BCUT2D eigenvalue weighted by Crippen LogP contribution is 2.42. The van der Waals surface area contributed by atoms with Crippen molar-refractivity contribution in [2.75, 3.05) is 7.11 Å². The van der Waals surface area contributed by atoms with Gasteiger partial charge >= 0.3 is 0 Å². The van der Waals surface area contributed by atoms with Crippen LogP contribution in [0.15, 0.2) is 28.2 Å². The summed E-state index contributed by atoms with van der Waals surface area (Å²) in [6, 6.07) is 3.85. The lowest BCUT2D eigenvalue weighted by molar-refractivity contribution is 0.393. The predicted octanol–water partition coefficient (Wildman–Crippen LogP) is 4.28. The molecule has 0 aliphatic heterocycles. The van der Waals surface area contributed by atoms with E-state index in [9.17, 15) is 0 Å². The van der Waals surface area contributed by atoms with E-state index in [-0.39, 0.29) is 0 Å². The van der Waals surface area contributed by atoms with Gasteiger partial charge in [-0.25, -0.2) is 4.99 Å². The maximum Gasteiger partial charge on any atom is 0.141 e. The topological polar surface area (TPSA) is 89.4 Å². The molecule has 2 heterocycles. The molecule has 1 aromatic carbocycles. The number of nitrogens with one attached hydrogen (secondary N) is 1. The zero-order valence-corrected chi connectivity index (χ0v) is 14.4. The number of nitrogens with two attached hydrogens (primary N) is 1. The van der Waals surface area contributed by atoms with Crippen LogP contribution in [0.1, 0.15) is 17.0 Å². The minimum atomic E-state index is 0.369. The molecule has 0 radical (unpaired) electrons. The summed E-state index contributed by atoms with van der Waals surface area (Å²) < 4.78 is 10.8.